The van der Waals surface area contributed by atoms with Crippen molar-refractivity contribution in [1.29, 1.82) is 0 Å². The zero-order chi connectivity index (χ0) is 13.1. The van der Waals surface area contributed by atoms with Crippen LogP contribution in [0.3, 0.4) is 0 Å². The summed E-state index contributed by atoms with van der Waals surface area (Å²) in [5.74, 6) is -0.325. The van der Waals surface area contributed by atoms with Crippen molar-refractivity contribution in [2.75, 3.05) is 0 Å². The van der Waals surface area contributed by atoms with Crippen LogP contribution in [-0.4, -0.2) is 5.78 Å². The number of ketones is 1. The molecule has 0 aliphatic carbocycles. The van der Waals surface area contributed by atoms with Gasteiger partial charge >= 0.3 is 0 Å². The van der Waals surface area contributed by atoms with Crippen molar-refractivity contribution in [2.45, 2.75) is 6.42 Å². The van der Waals surface area contributed by atoms with Crippen LogP contribution in [0.25, 0.3) is 0 Å². The van der Waals surface area contributed by atoms with Gasteiger partial charge in [-0.1, -0.05) is 56.1 Å². The highest BCUT2D eigenvalue weighted by Gasteiger charge is 2.12. The third kappa shape index (κ3) is 3.06. The molecule has 2 rings (SSSR count). The number of benzene rings is 2. The number of hydrogen-bond acceptors (Lipinski definition) is 1. The molecule has 0 aromatic heterocycles. The van der Waals surface area contributed by atoms with Crippen molar-refractivity contribution in [3.8, 4) is 0 Å². The highest BCUT2D eigenvalue weighted by Crippen LogP contribution is 2.22. The third-order valence-electron chi connectivity index (χ3n) is 2.54. The van der Waals surface area contributed by atoms with Gasteiger partial charge in [0.05, 0.1) is 0 Å². The number of carbonyl (C=O) groups excluding carboxylic acids is 1. The third-order valence-corrected chi connectivity index (χ3v) is 3.97. The second-order valence-electron chi connectivity index (χ2n) is 3.82. The van der Waals surface area contributed by atoms with Crippen LogP contribution >= 0.6 is 31.9 Å². The van der Waals surface area contributed by atoms with Gasteiger partial charge in [-0.15, -0.1) is 0 Å². The van der Waals surface area contributed by atoms with E-state index < -0.39 is 0 Å². The number of carbonyl (C=O) groups is 1. The van der Waals surface area contributed by atoms with Crippen molar-refractivity contribution < 1.29 is 9.18 Å². The van der Waals surface area contributed by atoms with Crippen molar-refractivity contribution in [3.63, 3.8) is 0 Å². The van der Waals surface area contributed by atoms with Gasteiger partial charge in [-0.25, -0.2) is 4.39 Å². The number of Topliss-reactive ketones (excluding diaryl/α,β-unsaturated/α-hetero) is 1. The lowest BCUT2D eigenvalue weighted by Crippen LogP contribution is -2.05. The molecule has 0 saturated heterocycles. The fourth-order valence-corrected chi connectivity index (χ4v) is 2.62. The molecule has 0 spiro atoms. The lowest BCUT2D eigenvalue weighted by atomic mass is 10.0. The van der Waals surface area contributed by atoms with Crippen LogP contribution in [0.2, 0.25) is 0 Å². The second kappa shape index (κ2) is 5.76. The van der Waals surface area contributed by atoms with Gasteiger partial charge in [0, 0.05) is 20.9 Å². The molecule has 92 valence electrons. The fourth-order valence-electron chi connectivity index (χ4n) is 1.62. The van der Waals surface area contributed by atoms with E-state index in [4.69, 9.17) is 0 Å². The quantitative estimate of drug-likeness (QED) is 0.710. The summed E-state index contributed by atoms with van der Waals surface area (Å²) in [5, 5.41) is 0. The van der Waals surface area contributed by atoms with Crippen LogP contribution in [-0.2, 0) is 6.42 Å². The van der Waals surface area contributed by atoms with E-state index in [2.05, 4.69) is 31.9 Å². The molecule has 18 heavy (non-hydrogen) atoms. The van der Waals surface area contributed by atoms with E-state index in [1.807, 2.05) is 18.2 Å². The van der Waals surface area contributed by atoms with Gasteiger partial charge in [-0.2, -0.15) is 0 Å². The number of halogens is 3. The van der Waals surface area contributed by atoms with E-state index in [0.717, 1.165) is 10.0 Å². The summed E-state index contributed by atoms with van der Waals surface area (Å²) < 4.78 is 14.3. The lowest BCUT2D eigenvalue weighted by molar-refractivity contribution is 0.0992. The Morgan fingerprint density at radius 2 is 1.78 bits per heavy atom. The molecule has 0 radical (unpaired) electrons. The Morgan fingerprint density at radius 3 is 2.44 bits per heavy atom. The summed E-state index contributed by atoms with van der Waals surface area (Å²) >= 11 is 6.61. The summed E-state index contributed by atoms with van der Waals surface area (Å²) in [4.78, 5) is 12.1. The Kier molecular flexibility index (Phi) is 4.30. The molecule has 0 fully saturated rings. The zero-order valence-corrected chi connectivity index (χ0v) is 12.5. The molecule has 0 aliphatic heterocycles. The van der Waals surface area contributed by atoms with Crippen LogP contribution in [0.15, 0.2) is 51.4 Å². The average Bonchev–Trinajstić information content (AvgIpc) is 2.33. The molecule has 0 saturated carbocycles. The van der Waals surface area contributed by atoms with Gasteiger partial charge in [0.2, 0.25) is 0 Å². The minimum absolute atomic E-state index is 0.00483. The Labute approximate surface area is 121 Å². The first-order valence-electron chi connectivity index (χ1n) is 5.29. The molecule has 0 bridgehead atoms. The van der Waals surface area contributed by atoms with E-state index in [9.17, 15) is 9.18 Å². The SMILES string of the molecule is O=C(Cc1ccc(F)cc1Br)c1ccccc1Br. The molecule has 1 nitrogen and oxygen atoms in total. The minimum Gasteiger partial charge on any atom is -0.294 e. The summed E-state index contributed by atoms with van der Waals surface area (Å²) in [6, 6.07) is 11.6. The first-order valence-corrected chi connectivity index (χ1v) is 6.88. The molecule has 0 atom stereocenters. The summed E-state index contributed by atoms with van der Waals surface area (Å²) in [7, 11) is 0. The monoisotopic (exact) mass is 370 g/mol. The van der Waals surface area contributed by atoms with Crippen molar-refractivity contribution in [1.82, 2.24) is 0 Å². The Balaban J connectivity index is 2.24. The lowest BCUT2D eigenvalue weighted by Gasteiger charge is -2.06. The van der Waals surface area contributed by atoms with Gasteiger partial charge in [0.1, 0.15) is 5.82 Å². The van der Waals surface area contributed by atoms with Gasteiger partial charge < -0.3 is 0 Å². The van der Waals surface area contributed by atoms with Gasteiger partial charge in [0.15, 0.2) is 5.78 Å². The number of hydrogen-bond donors (Lipinski definition) is 0. The largest absolute Gasteiger partial charge is 0.294 e. The Hall–Kier alpha value is -1.00. The Morgan fingerprint density at radius 1 is 1.06 bits per heavy atom. The highest BCUT2D eigenvalue weighted by molar-refractivity contribution is 9.10. The average molecular weight is 372 g/mol. The van der Waals surface area contributed by atoms with Crippen molar-refractivity contribution in [2.24, 2.45) is 0 Å². The minimum atomic E-state index is -0.320. The highest BCUT2D eigenvalue weighted by atomic mass is 79.9. The molecule has 0 heterocycles. The Bertz CT molecular complexity index is 596. The molecular weight excluding hydrogens is 363 g/mol. The standard InChI is InChI=1S/C14H9Br2FO/c15-12-4-2-1-3-11(12)14(18)7-9-5-6-10(17)8-13(9)16/h1-6,8H,7H2. The molecule has 2 aromatic rings. The van der Waals surface area contributed by atoms with E-state index >= 15 is 0 Å². The van der Waals surface area contributed by atoms with Crippen LogP contribution < -0.4 is 0 Å². The van der Waals surface area contributed by atoms with E-state index in [1.165, 1.54) is 12.1 Å². The van der Waals surface area contributed by atoms with Crippen LogP contribution in [0.4, 0.5) is 4.39 Å². The molecule has 0 unspecified atom stereocenters. The first-order chi connectivity index (χ1) is 8.58. The van der Waals surface area contributed by atoms with Crippen molar-refractivity contribution >= 4 is 37.6 Å². The second-order valence-corrected chi connectivity index (χ2v) is 5.52. The van der Waals surface area contributed by atoms with E-state index in [0.29, 0.717) is 10.0 Å². The van der Waals surface area contributed by atoms with Crippen LogP contribution in [0, 0.1) is 5.82 Å². The van der Waals surface area contributed by atoms with Gasteiger partial charge in [-0.3, -0.25) is 4.79 Å². The summed E-state index contributed by atoms with van der Waals surface area (Å²) in [6.45, 7) is 0. The molecule has 4 heteroatoms. The molecule has 0 amide bonds. The van der Waals surface area contributed by atoms with Crippen molar-refractivity contribution in [3.05, 3.63) is 68.4 Å². The molecule has 0 N–H and O–H groups in total. The topological polar surface area (TPSA) is 17.1 Å². The van der Waals surface area contributed by atoms with Crippen LogP contribution in [0.5, 0.6) is 0 Å². The van der Waals surface area contributed by atoms with E-state index in [1.54, 1.807) is 12.1 Å². The smallest absolute Gasteiger partial charge is 0.168 e. The zero-order valence-electron chi connectivity index (χ0n) is 9.29. The summed E-state index contributed by atoms with van der Waals surface area (Å²) in [5.41, 5.74) is 1.41. The van der Waals surface area contributed by atoms with Gasteiger partial charge in [-0.05, 0) is 23.8 Å². The predicted molar refractivity (Wildman–Crippen MR) is 76.3 cm³/mol. The normalized spacial score (nSPS) is 10.4. The van der Waals surface area contributed by atoms with Gasteiger partial charge in [0.25, 0.3) is 0 Å². The first kappa shape index (κ1) is 13.4. The molecule has 0 aliphatic rings. The van der Waals surface area contributed by atoms with Crippen LogP contribution in [0.1, 0.15) is 15.9 Å². The fraction of sp³-hybridized carbons (Fsp3) is 0.0714. The predicted octanol–water partition coefficient (Wildman–Crippen LogP) is 4.78. The summed E-state index contributed by atoms with van der Waals surface area (Å²) in [6.07, 6.45) is 0.240. The maximum absolute atomic E-state index is 12.9. The number of rotatable bonds is 3. The van der Waals surface area contributed by atoms with E-state index in [-0.39, 0.29) is 18.0 Å². The maximum atomic E-state index is 12.9. The maximum Gasteiger partial charge on any atom is 0.168 e. The molecule has 2 aromatic carbocycles. The molecular formula is C14H9Br2FO.